The summed E-state index contributed by atoms with van der Waals surface area (Å²) >= 11 is 3.41. The second-order valence-electron chi connectivity index (χ2n) is 3.78. The molecule has 2 N–H and O–H groups in total. The van der Waals surface area contributed by atoms with E-state index in [4.69, 9.17) is 0 Å². The van der Waals surface area contributed by atoms with Gasteiger partial charge in [-0.1, -0.05) is 21.5 Å². The summed E-state index contributed by atoms with van der Waals surface area (Å²) in [6, 6.07) is 5.43. The summed E-state index contributed by atoms with van der Waals surface area (Å²) in [5.74, 6) is 0. The van der Waals surface area contributed by atoms with Gasteiger partial charge in [-0.05, 0) is 44.5 Å². The summed E-state index contributed by atoms with van der Waals surface area (Å²) < 4.78 is 1.03. The number of rotatable bonds is 2. The lowest BCUT2D eigenvalue weighted by molar-refractivity contribution is 0.255. The molecule has 0 saturated carbocycles. The molecule has 0 bridgehead atoms. The molecule has 0 saturated heterocycles. The number of carbonyl (C=O) groups excluding carboxylic acids is 1. The highest BCUT2D eigenvalue weighted by molar-refractivity contribution is 9.10. The monoisotopic (exact) mass is 282 g/mol. The average Bonchev–Trinajstić information content (AvgIpc) is 2.21. The van der Waals surface area contributed by atoms with Gasteiger partial charge >= 0.3 is 6.03 Å². The topological polar surface area (TPSA) is 41.1 Å². The molecule has 1 aromatic rings. The van der Waals surface area contributed by atoms with Crippen molar-refractivity contribution < 1.29 is 4.79 Å². The highest BCUT2D eigenvalue weighted by Gasteiger charge is 2.01. The minimum absolute atomic E-state index is 0.233. The summed E-state index contributed by atoms with van der Waals surface area (Å²) in [4.78, 5) is 11.4. The number of hydrogen-bond acceptors (Lipinski definition) is 1. The Labute approximate surface area is 104 Å². The van der Waals surface area contributed by atoms with E-state index in [1.165, 1.54) is 0 Å². The highest BCUT2D eigenvalue weighted by Crippen LogP contribution is 2.19. The van der Waals surface area contributed by atoms with E-state index >= 15 is 0 Å². The minimum atomic E-state index is -0.233. The number of nitrogens with one attached hydrogen (secondary N) is 2. The number of hydrogen-bond donors (Lipinski definition) is 2. The van der Waals surface area contributed by atoms with Gasteiger partial charge in [-0.2, -0.15) is 0 Å². The van der Waals surface area contributed by atoms with Crippen LogP contribution in [0.1, 0.15) is 19.4 Å². The minimum Gasteiger partial charge on any atom is -0.314 e. The largest absolute Gasteiger partial charge is 0.323 e. The Morgan fingerprint density at radius 2 is 2.06 bits per heavy atom. The molecule has 2 amide bonds. The number of carbonyl (C=O) groups is 1. The normalized spacial score (nSPS) is 9.50. The predicted molar refractivity (Wildman–Crippen MR) is 70.5 cm³/mol. The van der Waals surface area contributed by atoms with Crippen LogP contribution in [0.25, 0.3) is 0 Å². The van der Waals surface area contributed by atoms with Crippen LogP contribution in [0, 0.1) is 6.92 Å². The van der Waals surface area contributed by atoms with Crippen LogP contribution in [-0.4, -0.2) is 6.03 Å². The SMILES string of the molecule is CC(C)=CNC(=O)Nc1ccc(Br)c(C)c1. The van der Waals surface area contributed by atoms with Crippen LogP contribution in [0.5, 0.6) is 0 Å². The zero-order valence-electron chi connectivity index (χ0n) is 9.60. The van der Waals surface area contributed by atoms with Crippen molar-refractivity contribution in [3.8, 4) is 0 Å². The number of aryl methyl sites for hydroxylation is 1. The van der Waals surface area contributed by atoms with Crippen LogP contribution in [0.4, 0.5) is 10.5 Å². The van der Waals surface area contributed by atoms with Gasteiger partial charge < -0.3 is 10.6 Å². The van der Waals surface area contributed by atoms with Crippen molar-refractivity contribution in [1.82, 2.24) is 5.32 Å². The Morgan fingerprint density at radius 3 is 2.62 bits per heavy atom. The number of allylic oxidation sites excluding steroid dienone is 1. The van der Waals surface area contributed by atoms with Crippen LogP contribution in [0.2, 0.25) is 0 Å². The van der Waals surface area contributed by atoms with Crippen molar-refractivity contribution in [3.05, 3.63) is 40.0 Å². The molecule has 0 spiro atoms. The lowest BCUT2D eigenvalue weighted by Crippen LogP contribution is -2.24. The van der Waals surface area contributed by atoms with E-state index in [0.29, 0.717) is 0 Å². The maximum atomic E-state index is 11.4. The molecule has 16 heavy (non-hydrogen) atoms. The van der Waals surface area contributed by atoms with E-state index in [9.17, 15) is 4.79 Å². The molecule has 0 aromatic heterocycles. The third-order valence-corrected chi connectivity index (χ3v) is 2.80. The maximum absolute atomic E-state index is 11.4. The molecule has 0 aliphatic heterocycles. The van der Waals surface area contributed by atoms with Crippen molar-refractivity contribution in [1.29, 1.82) is 0 Å². The van der Waals surface area contributed by atoms with Crippen LogP contribution < -0.4 is 10.6 Å². The van der Waals surface area contributed by atoms with E-state index in [1.807, 2.05) is 39.0 Å². The second-order valence-corrected chi connectivity index (χ2v) is 4.64. The first-order chi connectivity index (χ1) is 7.49. The van der Waals surface area contributed by atoms with Crippen molar-refractivity contribution in [2.24, 2.45) is 0 Å². The Bertz CT molecular complexity index is 423. The first-order valence-electron chi connectivity index (χ1n) is 4.96. The Morgan fingerprint density at radius 1 is 1.38 bits per heavy atom. The summed E-state index contributed by atoms with van der Waals surface area (Å²) in [6.45, 7) is 5.82. The molecule has 0 unspecified atom stereocenters. The molecule has 86 valence electrons. The van der Waals surface area contributed by atoms with E-state index in [0.717, 1.165) is 21.3 Å². The number of anilines is 1. The first-order valence-corrected chi connectivity index (χ1v) is 5.75. The van der Waals surface area contributed by atoms with Crippen LogP contribution in [0.3, 0.4) is 0 Å². The second kappa shape index (κ2) is 5.70. The van der Waals surface area contributed by atoms with Crippen molar-refractivity contribution in [2.75, 3.05) is 5.32 Å². The van der Waals surface area contributed by atoms with Gasteiger partial charge in [-0.15, -0.1) is 0 Å². The Hall–Kier alpha value is -1.29. The van der Waals surface area contributed by atoms with Crippen molar-refractivity contribution >= 4 is 27.6 Å². The predicted octanol–water partition coefficient (Wildman–Crippen LogP) is 3.80. The first kappa shape index (κ1) is 12.8. The molecule has 1 rings (SSSR count). The average molecular weight is 283 g/mol. The zero-order valence-corrected chi connectivity index (χ0v) is 11.2. The number of halogens is 1. The fourth-order valence-electron chi connectivity index (χ4n) is 1.10. The van der Waals surface area contributed by atoms with Crippen LogP contribution in [0.15, 0.2) is 34.4 Å². The standard InChI is InChI=1S/C12H15BrN2O/c1-8(2)7-14-12(16)15-10-4-5-11(13)9(3)6-10/h4-7H,1-3H3,(H2,14,15,16). The molecular formula is C12H15BrN2O. The molecule has 0 atom stereocenters. The lowest BCUT2D eigenvalue weighted by atomic mass is 10.2. The smallest absolute Gasteiger partial charge is 0.314 e. The summed E-state index contributed by atoms with van der Waals surface area (Å²) in [7, 11) is 0. The molecule has 3 nitrogen and oxygen atoms in total. The molecule has 0 heterocycles. The highest BCUT2D eigenvalue weighted by atomic mass is 79.9. The fraction of sp³-hybridized carbons (Fsp3) is 0.250. The van der Waals surface area contributed by atoms with Crippen molar-refractivity contribution in [2.45, 2.75) is 20.8 Å². The summed E-state index contributed by atoms with van der Waals surface area (Å²) in [5.41, 5.74) is 2.91. The molecule has 0 aliphatic carbocycles. The van der Waals surface area contributed by atoms with Crippen LogP contribution >= 0.6 is 15.9 Å². The summed E-state index contributed by atoms with van der Waals surface area (Å²) in [5, 5.41) is 5.39. The van der Waals surface area contributed by atoms with Crippen molar-refractivity contribution in [3.63, 3.8) is 0 Å². The maximum Gasteiger partial charge on any atom is 0.323 e. The van der Waals surface area contributed by atoms with E-state index < -0.39 is 0 Å². The molecule has 1 aromatic carbocycles. The Balaban J connectivity index is 2.63. The lowest BCUT2D eigenvalue weighted by Gasteiger charge is -2.06. The third kappa shape index (κ3) is 4.06. The van der Waals surface area contributed by atoms with E-state index in [2.05, 4.69) is 26.6 Å². The van der Waals surface area contributed by atoms with Gasteiger partial charge in [0, 0.05) is 16.4 Å². The van der Waals surface area contributed by atoms with Gasteiger partial charge in [0.15, 0.2) is 0 Å². The third-order valence-electron chi connectivity index (χ3n) is 1.91. The quantitative estimate of drug-likeness (QED) is 0.851. The van der Waals surface area contributed by atoms with E-state index in [-0.39, 0.29) is 6.03 Å². The van der Waals surface area contributed by atoms with Gasteiger partial charge in [0.1, 0.15) is 0 Å². The van der Waals surface area contributed by atoms with Gasteiger partial charge in [0.25, 0.3) is 0 Å². The number of urea groups is 1. The molecule has 0 aliphatic rings. The molecular weight excluding hydrogens is 268 g/mol. The number of benzene rings is 1. The molecule has 0 radical (unpaired) electrons. The molecule has 4 heteroatoms. The van der Waals surface area contributed by atoms with Gasteiger partial charge in [0.2, 0.25) is 0 Å². The van der Waals surface area contributed by atoms with E-state index in [1.54, 1.807) is 6.20 Å². The number of amides is 2. The fourth-order valence-corrected chi connectivity index (χ4v) is 1.35. The van der Waals surface area contributed by atoms with Gasteiger partial charge in [-0.3, -0.25) is 0 Å². The Kier molecular flexibility index (Phi) is 4.55. The van der Waals surface area contributed by atoms with Gasteiger partial charge in [0.05, 0.1) is 0 Å². The zero-order chi connectivity index (χ0) is 12.1. The van der Waals surface area contributed by atoms with Gasteiger partial charge in [-0.25, -0.2) is 4.79 Å². The van der Waals surface area contributed by atoms with Crippen LogP contribution in [-0.2, 0) is 0 Å². The summed E-state index contributed by atoms with van der Waals surface area (Å²) in [6.07, 6.45) is 1.67. The molecule has 0 fully saturated rings.